The Morgan fingerprint density at radius 3 is 2.70 bits per heavy atom. The van der Waals surface area contributed by atoms with Gasteiger partial charge in [-0.15, -0.1) is 0 Å². The van der Waals surface area contributed by atoms with Crippen LogP contribution in [0.4, 0.5) is 10.1 Å². The lowest BCUT2D eigenvalue weighted by Crippen LogP contribution is -2.36. The standard InChI is InChI=1S/C18H18ClFN2S/c1-12-6-7-14(10-16(12)19)21-18(23)22(15-8-9-15)11-13-4-2-3-5-17(13)20/h2-7,10,15H,8-9,11H2,1H3,(H,21,23). The van der Waals surface area contributed by atoms with Gasteiger partial charge in [-0.25, -0.2) is 4.39 Å². The molecule has 1 fully saturated rings. The van der Waals surface area contributed by atoms with Gasteiger partial charge in [-0.3, -0.25) is 0 Å². The number of rotatable bonds is 4. The van der Waals surface area contributed by atoms with E-state index in [4.69, 9.17) is 23.8 Å². The maximum absolute atomic E-state index is 13.9. The lowest BCUT2D eigenvalue weighted by molar-refractivity contribution is 0.400. The molecule has 2 nitrogen and oxygen atoms in total. The predicted octanol–water partition coefficient (Wildman–Crippen LogP) is 5.15. The van der Waals surface area contributed by atoms with Crippen molar-refractivity contribution in [2.45, 2.75) is 32.4 Å². The molecule has 5 heteroatoms. The van der Waals surface area contributed by atoms with E-state index in [-0.39, 0.29) is 5.82 Å². The van der Waals surface area contributed by atoms with Crippen LogP contribution in [0.15, 0.2) is 42.5 Å². The molecule has 0 aliphatic heterocycles. The summed E-state index contributed by atoms with van der Waals surface area (Å²) in [7, 11) is 0. The molecule has 3 rings (SSSR count). The van der Waals surface area contributed by atoms with Crippen molar-refractivity contribution in [2.24, 2.45) is 0 Å². The van der Waals surface area contributed by atoms with E-state index in [9.17, 15) is 4.39 Å². The van der Waals surface area contributed by atoms with Gasteiger partial charge in [-0.2, -0.15) is 0 Å². The second-order valence-electron chi connectivity index (χ2n) is 5.84. The first-order valence-corrected chi connectivity index (χ1v) is 8.40. The Labute approximate surface area is 146 Å². The van der Waals surface area contributed by atoms with Gasteiger partial charge >= 0.3 is 0 Å². The predicted molar refractivity (Wildman–Crippen MR) is 97.4 cm³/mol. The van der Waals surface area contributed by atoms with E-state index in [1.807, 2.05) is 31.2 Å². The van der Waals surface area contributed by atoms with Gasteiger partial charge in [0.15, 0.2) is 5.11 Å². The molecule has 23 heavy (non-hydrogen) atoms. The van der Waals surface area contributed by atoms with Crippen LogP contribution in [-0.2, 0) is 6.54 Å². The summed E-state index contributed by atoms with van der Waals surface area (Å²) in [6.07, 6.45) is 2.18. The van der Waals surface area contributed by atoms with Crippen LogP contribution >= 0.6 is 23.8 Å². The van der Waals surface area contributed by atoms with Crippen molar-refractivity contribution in [2.75, 3.05) is 5.32 Å². The molecule has 0 saturated heterocycles. The average molecular weight is 349 g/mol. The summed E-state index contributed by atoms with van der Waals surface area (Å²) in [4.78, 5) is 2.06. The molecule has 120 valence electrons. The highest BCUT2D eigenvalue weighted by molar-refractivity contribution is 7.80. The van der Waals surface area contributed by atoms with Crippen molar-refractivity contribution in [1.82, 2.24) is 4.90 Å². The van der Waals surface area contributed by atoms with E-state index >= 15 is 0 Å². The molecule has 1 saturated carbocycles. The first kappa shape index (κ1) is 16.2. The molecule has 0 amide bonds. The number of nitrogens with one attached hydrogen (secondary N) is 1. The topological polar surface area (TPSA) is 15.3 Å². The van der Waals surface area contributed by atoms with E-state index in [0.717, 1.165) is 24.1 Å². The summed E-state index contributed by atoms with van der Waals surface area (Å²) in [5, 5.41) is 4.53. The minimum Gasteiger partial charge on any atom is -0.342 e. The molecule has 2 aromatic rings. The van der Waals surface area contributed by atoms with Gasteiger partial charge in [0.1, 0.15) is 5.82 Å². The number of nitrogens with zero attached hydrogens (tertiary/aromatic N) is 1. The van der Waals surface area contributed by atoms with Crippen LogP contribution in [-0.4, -0.2) is 16.1 Å². The number of aryl methyl sites for hydroxylation is 1. The van der Waals surface area contributed by atoms with Gasteiger partial charge in [0.05, 0.1) is 0 Å². The van der Waals surface area contributed by atoms with Gasteiger partial charge in [0, 0.05) is 28.9 Å². The van der Waals surface area contributed by atoms with Crippen molar-refractivity contribution in [3.63, 3.8) is 0 Å². The fraction of sp³-hybridized carbons (Fsp3) is 0.278. The van der Waals surface area contributed by atoms with Gasteiger partial charge in [-0.1, -0.05) is 35.9 Å². The van der Waals surface area contributed by atoms with Crippen molar-refractivity contribution in [3.05, 3.63) is 64.4 Å². The summed E-state index contributed by atoms with van der Waals surface area (Å²) in [5.41, 5.74) is 2.53. The zero-order valence-corrected chi connectivity index (χ0v) is 14.4. The molecule has 1 aliphatic rings. The van der Waals surface area contributed by atoms with Gasteiger partial charge < -0.3 is 10.2 Å². The molecule has 2 aromatic carbocycles. The molecule has 1 N–H and O–H groups in total. The molecular formula is C18H18ClFN2S. The van der Waals surface area contributed by atoms with Crippen LogP contribution in [0.5, 0.6) is 0 Å². The van der Waals surface area contributed by atoms with Crippen LogP contribution in [0, 0.1) is 12.7 Å². The lowest BCUT2D eigenvalue weighted by Gasteiger charge is -2.26. The second-order valence-corrected chi connectivity index (χ2v) is 6.64. The normalized spacial score (nSPS) is 13.7. The largest absolute Gasteiger partial charge is 0.342 e. The SMILES string of the molecule is Cc1ccc(NC(=S)N(Cc2ccccc2F)C2CC2)cc1Cl. The number of hydrogen-bond acceptors (Lipinski definition) is 1. The minimum atomic E-state index is -0.195. The highest BCUT2D eigenvalue weighted by Crippen LogP contribution is 2.30. The summed E-state index contributed by atoms with van der Waals surface area (Å²) >= 11 is 11.7. The Morgan fingerprint density at radius 1 is 1.30 bits per heavy atom. The molecule has 0 bridgehead atoms. The maximum Gasteiger partial charge on any atom is 0.173 e. The van der Waals surface area contributed by atoms with E-state index < -0.39 is 0 Å². The number of hydrogen-bond donors (Lipinski definition) is 1. The average Bonchev–Trinajstić information content (AvgIpc) is 3.35. The minimum absolute atomic E-state index is 0.195. The Kier molecular flexibility index (Phi) is 4.83. The van der Waals surface area contributed by atoms with E-state index in [1.54, 1.807) is 12.1 Å². The number of thiocarbonyl (C=S) groups is 1. The van der Waals surface area contributed by atoms with Crippen LogP contribution in [0.25, 0.3) is 0 Å². The zero-order chi connectivity index (χ0) is 16.4. The monoisotopic (exact) mass is 348 g/mol. The zero-order valence-electron chi connectivity index (χ0n) is 12.9. The fourth-order valence-corrected chi connectivity index (χ4v) is 2.94. The lowest BCUT2D eigenvalue weighted by atomic mass is 10.2. The third-order valence-corrected chi connectivity index (χ3v) is 4.71. The Morgan fingerprint density at radius 2 is 2.04 bits per heavy atom. The van der Waals surface area contributed by atoms with Gasteiger partial charge in [0.2, 0.25) is 0 Å². The van der Waals surface area contributed by atoms with E-state index in [2.05, 4.69) is 10.2 Å². The van der Waals surface area contributed by atoms with E-state index in [0.29, 0.717) is 28.3 Å². The van der Waals surface area contributed by atoms with Crippen LogP contribution in [0.2, 0.25) is 5.02 Å². The summed E-state index contributed by atoms with van der Waals surface area (Å²) in [5.74, 6) is -0.195. The molecular weight excluding hydrogens is 331 g/mol. The van der Waals surface area contributed by atoms with Crippen molar-refractivity contribution in [3.8, 4) is 0 Å². The third kappa shape index (κ3) is 4.01. The van der Waals surface area contributed by atoms with Gasteiger partial charge in [-0.05, 0) is 55.7 Å². The van der Waals surface area contributed by atoms with Crippen LogP contribution < -0.4 is 5.32 Å². The smallest absolute Gasteiger partial charge is 0.173 e. The number of anilines is 1. The van der Waals surface area contributed by atoms with Gasteiger partial charge in [0.25, 0.3) is 0 Å². The third-order valence-electron chi connectivity index (χ3n) is 3.97. The molecule has 0 aromatic heterocycles. The first-order valence-electron chi connectivity index (χ1n) is 7.62. The quantitative estimate of drug-likeness (QED) is 0.769. The Hall–Kier alpha value is -1.65. The molecule has 0 radical (unpaired) electrons. The second kappa shape index (κ2) is 6.85. The van der Waals surface area contributed by atoms with Crippen molar-refractivity contribution < 1.29 is 4.39 Å². The summed E-state index contributed by atoms with van der Waals surface area (Å²) < 4.78 is 13.9. The summed E-state index contributed by atoms with van der Waals surface area (Å²) in [6.45, 7) is 2.43. The summed E-state index contributed by atoms with van der Waals surface area (Å²) in [6, 6.07) is 13.0. The highest BCUT2D eigenvalue weighted by Gasteiger charge is 2.31. The Balaban J connectivity index is 1.74. The molecule has 1 aliphatic carbocycles. The number of halogens is 2. The molecule has 0 unspecified atom stereocenters. The van der Waals surface area contributed by atoms with Crippen LogP contribution in [0.3, 0.4) is 0 Å². The maximum atomic E-state index is 13.9. The molecule has 0 spiro atoms. The molecule has 0 atom stereocenters. The van der Waals surface area contributed by atoms with Crippen LogP contribution in [0.1, 0.15) is 24.0 Å². The van der Waals surface area contributed by atoms with Crippen molar-refractivity contribution >= 4 is 34.6 Å². The van der Waals surface area contributed by atoms with Crippen molar-refractivity contribution in [1.29, 1.82) is 0 Å². The Bertz CT molecular complexity index is 731. The highest BCUT2D eigenvalue weighted by atomic mass is 35.5. The van der Waals surface area contributed by atoms with E-state index in [1.165, 1.54) is 6.07 Å². The first-order chi connectivity index (χ1) is 11.0. The molecule has 0 heterocycles. The number of benzene rings is 2. The fourth-order valence-electron chi connectivity index (χ4n) is 2.43.